The molecule has 3 aromatic carbocycles. The number of aryl methyl sites for hydroxylation is 2. The first-order valence-electron chi connectivity index (χ1n) is 16.6. The molecule has 4 bridgehead atoms. The van der Waals surface area contributed by atoms with Crippen LogP contribution in [-0.4, -0.2) is 82.7 Å². The lowest BCUT2D eigenvalue weighted by atomic mass is 10.0. The molecule has 2 atom stereocenters. The summed E-state index contributed by atoms with van der Waals surface area (Å²) in [7, 11) is 1.57. The predicted molar refractivity (Wildman–Crippen MR) is 183 cm³/mol. The Hall–Kier alpha value is -5.23. The second-order valence-corrected chi connectivity index (χ2v) is 12.4. The fourth-order valence-electron chi connectivity index (χ4n) is 6.41. The van der Waals surface area contributed by atoms with Gasteiger partial charge < -0.3 is 29.3 Å². The Labute approximate surface area is 284 Å². The van der Waals surface area contributed by atoms with Gasteiger partial charge in [0, 0.05) is 31.4 Å². The SMILES string of the molecule is CCN1CC(=O)N[C@H]2CCN(C(=O)Cn3nc(C)c4ccccc4c3=O)C[C@@H]2OCc2cccc(c2)Oc2cc(ccc2OC)CCC1=O. The van der Waals surface area contributed by atoms with E-state index < -0.39 is 12.1 Å². The lowest BCUT2D eigenvalue weighted by Gasteiger charge is -2.39. The number of ether oxygens (including phenoxy) is 3. The Balaban J connectivity index is 1.24. The second-order valence-electron chi connectivity index (χ2n) is 12.4. The molecule has 12 nitrogen and oxygen atoms in total. The quantitative estimate of drug-likeness (QED) is 0.349. The number of carbonyl (C=O) groups is 3. The number of likely N-dealkylation sites (N-methyl/N-ethyl adjacent to an activating group) is 1. The van der Waals surface area contributed by atoms with Gasteiger partial charge in [0.2, 0.25) is 17.7 Å². The first kappa shape index (κ1) is 33.7. The third-order valence-corrected chi connectivity index (χ3v) is 9.11. The summed E-state index contributed by atoms with van der Waals surface area (Å²) in [5, 5.41) is 8.75. The van der Waals surface area contributed by atoms with Gasteiger partial charge in [-0.25, -0.2) is 4.68 Å². The molecule has 49 heavy (non-hydrogen) atoms. The van der Waals surface area contributed by atoms with Gasteiger partial charge in [-0.1, -0.05) is 36.4 Å². The molecule has 12 heteroatoms. The highest BCUT2D eigenvalue weighted by molar-refractivity contribution is 5.85. The van der Waals surface area contributed by atoms with Crippen molar-refractivity contribution in [2.24, 2.45) is 0 Å². The highest BCUT2D eigenvalue weighted by atomic mass is 16.5. The van der Waals surface area contributed by atoms with E-state index in [0.29, 0.717) is 54.3 Å². The minimum atomic E-state index is -0.560. The highest BCUT2D eigenvalue weighted by Crippen LogP contribution is 2.33. The van der Waals surface area contributed by atoms with Crippen LogP contribution in [0.2, 0.25) is 0 Å². The number of aromatic nitrogens is 2. The van der Waals surface area contributed by atoms with Crippen LogP contribution >= 0.6 is 0 Å². The molecule has 0 aliphatic carbocycles. The number of likely N-dealkylation sites (tertiary alicyclic amines) is 1. The number of piperidine rings is 1. The van der Waals surface area contributed by atoms with Crippen molar-refractivity contribution in [3.8, 4) is 17.2 Å². The minimum Gasteiger partial charge on any atom is -0.493 e. The second kappa shape index (κ2) is 14.9. The van der Waals surface area contributed by atoms with Crippen LogP contribution in [0.5, 0.6) is 17.2 Å². The summed E-state index contributed by atoms with van der Waals surface area (Å²) < 4.78 is 19.4. The Morgan fingerprint density at radius 1 is 1.00 bits per heavy atom. The van der Waals surface area contributed by atoms with Crippen molar-refractivity contribution < 1.29 is 28.6 Å². The van der Waals surface area contributed by atoms with Crippen molar-refractivity contribution in [1.29, 1.82) is 0 Å². The fourth-order valence-corrected chi connectivity index (χ4v) is 6.41. The maximum atomic E-state index is 13.6. The maximum absolute atomic E-state index is 13.6. The average molecular weight is 668 g/mol. The van der Waals surface area contributed by atoms with Crippen molar-refractivity contribution >= 4 is 28.5 Å². The Bertz CT molecular complexity index is 1930. The zero-order valence-corrected chi connectivity index (χ0v) is 28.0. The van der Waals surface area contributed by atoms with Crippen LogP contribution in [0.25, 0.3) is 10.8 Å². The number of hydrogen-bond donors (Lipinski definition) is 1. The highest BCUT2D eigenvalue weighted by Gasteiger charge is 2.34. The first-order chi connectivity index (χ1) is 23.7. The van der Waals surface area contributed by atoms with Gasteiger partial charge in [-0.05, 0) is 68.1 Å². The number of amides is 3. The molecule has 6 rings (SSSR count). The van der Waals surface area contributed by atoms with E-state index in [-0.39, 0.29) is 55.9 Å². The summed E-state index contributed by atoms with van der Waals surface area (Å²) in [5.74, 6) is 0.968. The van der Waals surface area contributed by atoms with Crippen LogP contribution in [0.15, 0.2) is 71.5 Å². The largest absolute Gasteiger partial charge is 0.493 e. The van der Waals surface area contributed by atoms with E-state index in [2.05, 4.69) is 10.4 Å². The van der Waals surface area contributed by atoms with Gasteiger partial charge in [0.15, 0.2) is 11.5 Å². The van der Waals surface area contributed by atoms with Gasteiger partial charge in [0.1, 0.15) is 12.3 Å². The van der Waals surface area contributed by atoms with Crippen LogP contribution in [0.1, 0.15) is 36.6 Å². The third-order valence-electron chi connectivity index (χ3n) is 9.11. The number of nitrogens with zero attached hydrogens (tertiary/aromatic N) is 4. The molecule has 1 N–H and O–H groups in total. The molecule has 0 radical (unpaired) electrons. The molecule has 0 spiro atoms. The van der Waals surface area contributed by atoms with E-state index in [4.69, 9.17) is 14.2 Å². The van der Waals surface area contributed by atoms with Crippen molar-refractivity contribution in [3.63, 3.8) is 0 Å². The monoisotopic (exact) mass is 667 g/mol. The lowest BCUT2D eigenvalue weighted by Crippen LogP contribution is -2.58. The number of benzene rings is 3. The van der Waals surface area contributed by atoms with E-state index in [0.717, 1.165) is 16.5 Å². The Morgan fingerprint density at radius 2 is 1.82 bits per heavy atom. The van der Waals surface area contributed by atoms with Crippen LogP contribution in [0.4, 0.5) is 0 Å². The molecule has 3 amide bonds. The van der Waals surface area contributed by atoms with Crippen molar-refractivity contribution in [3.05, 3.63) is 93.9 Å². The van der Waals surface area contributed by atoms with E-state index in [1.54, 1.807) is 24.1 Å². The predicted octanol–water partition coefficient (Wildman–Crippen LogP) is 3.60. The number of fused-ring (bicyclic) bond motifs is 6. The van der Waals surface area contributed by atoms with Crippen LogP contribution in [0.3, 0.4) is 0 Å². The molecule has 1 fully saturated rings. The molecule has 1 saturated heterocycles. The number of hydrogen-bond acceptors (Lipinski definition) is 8. The van der Waals surface area contributed by atoms with Gasteiger partial charge in [-0.2, -0.15) is 5.10 Å². The molecule has 0 unspecified atom stereocenters. The van der Waals surface area contributed by atoms with E-state index >= 15 is 0 Å². The van der Waals surface area contributed by atoms with E-state index in [1.165, 1.54) is 9.58 Å². The molecular formula is C37H41N5O7. The van der Waals surface area contributed by atoms with Gasteiger partial charge in [0.05, 0.1) is 43.5 Å². The van der Waals surface area contributed by atoms with Crippen molar-refractivity contribution in [1.82, 2.24) is 24.9 Å². The standard InChI is InChI=1S/C37H41N5O7/c1-4-40-21-34(43)38-30-16-17-41(36(45)22-42-37(46)29-11-6-5-10-28(29)24(2)39-42)20-33(30)48-23-26-8-7-9-27(18-26)49-32-19-25(13-15-35(40)44)12-14-31(32)47-3/h5-12,14,18-19,30,33H,4,13,15-17,20-23H2,1-3H3,(H,38,43)/t30-,33-/m0/s1. The summed E-state index contributed by atoms with van der Waals surface area (Å²) in [5.41, 5.74) is 2.08. The molecule has 0 saturated carbocycles. The lowest BCUT2D eigenvalue weighted by molar-refractivity contribution is -0.140. The first-order valence-corrected chi connectivity index (χ1v) is 16.6. The minimum absolute atomic E-state index is 0.0872. The molecule has 4 aromatic rings. The Kier molecular flexibility index (Phi) is 10.2. The van der Waals surface area contributed by atoms with Crippen LogP contribution < -0.4 is 20.3 Å². The number of carbonyl (C=O) groups excluding carboxylic acids is 3. The van der Waals surface area contributed by atoms with Crippen LogP contribution in [-0.2, 0) is 38.7 Å². The van der Waals surface area contributed by atoms with Gasteiger partial charge >= 0.3 is 0 Å². The summed E-state index contributed by atoms with van der Waals surface area (Å²) >= 11 is 0. The van der Waals surface area contributed by atoms with Gasteiger partial charge in [0.25, 0.3) is 5.56 Å². The van der Waals surface area contributed by atoms with Crippen molar-refractivity contribution in [2.75, 3.05) is 33.3 Å². The van der Waals surface area contributed by atoms with E-state index in [1.807, 2.05) is 68.4 Å². The number of nitrogens with one attached hydrogen (secondary N) is 1. The fraction of sp³-hybridized carbons (Fsp3) is 0.378. The summed E-state index contributed by atoms with van der Waals surface area (Å²) in [4.78, 5) is 56.5. The smallest absolute Gasteiger partial charge is 0.275 e. The van der Waals surface area contributed by atoms with Crippen molar-refractivity contribution in [2.45, 2.75) is 58.4 Å². The number of methoxy groups -OCH3 is 1. The zero-order chi connectivity index (χ0) is 34.5. The summed E-state index contributed by atoms with van der Waals surface area (Å²) in [6.45, 7) is 4.48. The van der Waals surface area contributed by atoms with Gasteiger partial charge in [-0.15, -0.1) is 0 Å². The molecule has 2 aliphatic heterocycles. The molecule has 256 valence electrons. The normalized spacial score (nSPS) is 18.9. The third kappa shape index (κ3) is 7.75. The molecular weight excluding hydrogens is 626 g/mol. The topological polar surface area (TPSA) is 132 Å². The maximum Gasteiger partial charge on any atom is 0.275 e. The number of rotatable bonds is 4. The average Bonchev–Trinajstić information content (AvgIpc) is 3.11. The van der Waals surface area contributed by atoms with Gasteiger partial charge in [-0.3, -0.25) is 19.2 Å². The summed E-state index contributed by atoms with van der Waals surface area (Å²) in [6, 6.07) is 19.9. The molecule has 3 heterocycles. The molecule has 2 aliphatic rings. The van der Waals surface area contributed by atoms with E-state index in [9.17, 15) is 19.2 Å². The summed E-state index contributed by atoms with van der Waals surface area (Å²) in [6.07, 6.45) is 0.568. The Morgan fingerprint density at radius 3 is 2.61 bits per heavy atom. The van der Waals surface area contributed by atoms with Crippen LogP contribution in [0, 0.1) is 6.92 Å². The molecule has 1 aromatic heterocycles. The zero-order valence-electron chi connectivity index (χ0n) is 28.0.